The lowest BCUT2D eigenvalue weighted by Gasteiger charge is -2.35. The van der Waals surface area contributed by atoms with Crippen LogP contribution in [0.4, 0.5) is 0 Å². The standard InChI is InChI=1S/C15H30N2OS/c1-12-11-19-10-9-17(12)14(18)6-5-13(7-8-16)15(2,3)4/h12-13H,5-11,16H2,1-4H3. The smallest absolute Gasteiger partial charge is 0.222 e. The Morgan fingerprint density at radius 2 is 2.11 bits per heavy atom. The Balaban J connectivity index is 2.47. The average molecular weight is 286 g/mol. The van der Waals surface area contributed by atoms with Crippen LogP contribution in [0.25, 0.3) is 0 Å². The van der Waals surface area contributed by atoms with Gasteiger partial charge in [0.2, 0.25) is 5.91 Å². The van der Waals surface area contributed by atoms with Crippen molar-refractivity contribution in [3.05, 3.63) is 0 Å². The second-order valence-electron chi connectivity index (χ2n) is 6.69. The predicted octanol–water partition coefficient (Wildman–Crippen LogP) is 2.74. The number of thioether (sulfide) groups is 1. The van der Waals surface area contributed by atoms with Crippen LogP contribution in [0.15, 0.2) is 0 Å². The zero-order valence-electron chi connectivity index (χ0n) is 12.9. The van der Waals surface area contributed by atoms with Gasteiger partial charge in [-0.05, 0) is 37.6 Å². The second kappa shape index (κ2) is 7.53. The molecule has 1 aliphatic rings. The lowest BCUT2D eigenvalue weighted by atomic mass is 9.76. The normalized spacial score (nSPS) is 22.4. The fourth-order valence-electron chi connectivity index (χ4n) is 2.75. The molecule has 1 saturated heterocycles. The molecule has 1 fully saturated rings. The quantitative estimate of drug-likeness (QED) is 0.845. The van der Waals surface area contributed by atoms with E-state index in [0.29, 0.717) is 30.8 Å². The third kappa shape index (κ3) is 5.35. The topological polar surface area (TPSA) is 46.3 Å². The molecule has 1 rings (SSSR count). The van der Waals surface area contributed by atoms with E-state index in [4.69, 9.17) is 5.73 Å². The molecule has 2 atom stereocenters. The first-order chi connectivity index (χ1) is 8.86. The molecule has 4 heteroatoms. The Bertz CT molecular complexity index is 288. The highest BCUT2D eigenvalue weighted by Crippen LogP contribution is 2.32. The van der Waals surface area contributed by atoms with Crippen LogP contribution < -0.4 is 5.73 Å². The van der Waals surface area contributed by atoms with Crippen molar-refractivity contribution < 1.29 is 4.79 Å². The van der Waals surface area contributed by atoms with Crippen molar-refractivity contribution in [1.29, 1.82) is 0 Å². The Labute approximate surface area is 122 Å². The van der Waals surface area contributed by atoms with Crippen LogP contribution in [-0.4, -0.2) is 41.4 Å². The number of carbonyl (C=O) groups is 1. The maximum atomic E-state index is 12.3. The van der Waals surface area contributed by atoms with E-state index < -0.39 is 0 Å². The molecule has 1 amide bonds. The van der Waals surface area contributed by atoms with Crippen molar-refractivity contribution in [1.82, 2.24) is 4.90 Å². The second-order valence-corrected chi connectivity index (χ2v) is 7.84. The number of carbonyl (C=O) groups excluding carboxylic acids is 1. The molecule has 3 nitrogen and oxygen atoms in total. The molecule has 0 aromatic carbocycles. The van der Waals surface area contributed by atoms with E-state index in [-0.39, 0.29) is 5.41 Å². The van der Waals surface area contributed by atoms with E-state index in [1.807, 2.05) is 11.8 Å². The molecule has 0 spiro atoms. The van der Waals surface area contributed by atoms with Gasteiger partial charge in [-0.25, -0.2) is 0 Å². The molecule has 2 unspecified atom stereocenters. The Hall–Kier alpha value is -0.220. The summed E-state index contributed by atoms with van der Waals surface area (Å²) >= 11 is 1.95. The lowest BCUT2D eigenvalue weighted by molar-refractivity contribution is -0.133. The van der Waals surface area contributed by atoms with Crippen LogP contribution in [0.3, 0.4) is 0 Å². The molecule has 0 radical (unpaired) electrons. The Morgan fingerprint density at radius 1 is 1.42 bits per heavy atom. The summed E-state index contributed by atoms with van der Waals surface area (Å²) < 4.78 is 0. The maximum absolute atomic E-state index is 12.3. The first kappa shape index (κ1) is 16.8. The summed E-state index contributed by atoms with van der Waals surface area (Å²) in [6.45, 7) is 10.5. The number of rotatable bonds is 5. The molecule has 0 aliphatic carbocycles. The molecule has 2 N–H and O–H groups in total. The number of hydrogen-bond donors (Lipinski definition) is 1. The highest BCUT2D eigenvalue weighted by Gasteiger charge is 2.27. The molecule has 0 aromatic rings. The SMILES string of the molecule is CC1CSCCN1C(=O)CCC(CCN)C(C)(C)C. The van der Waals surface area contributed by atoms with Gasteiger partial charge in [-0.2, -0.15) is 11.8 Å². The molecule has 1 heterocycles. The zero-order valence-corrected chi connectivity index (χ0v) is 13.8. The van der Waals surface area contributed by atoms with Crippen LogP contribution in [-0.2, 0) is 4.79 Å². The minimum absolute atomic E-state index is 0.239. The fourth-order valence-corrected chi connectivity index (χ4v) is 3.76. The number of hydrogen-bond acceptors (Lipinski definition) is 3. The van der Waals surface area contributed by atoms with E-state index >= 15 is 0 Å². The molecule has 0 saturated carbocycles. The summed E-state index contributed by atoms with van der Waals surface area (Å²) in [7, 11) is 0. The molecule has 112 valence electrons. The van der Waals surface area contributed by atoms with E-state index in [0.717, 1.165) is 30.9 Å². The van der Waals surface area contributed by atoms with Gasteiger partial charge in [0.1, 0.15) is 0 Å². The van der Waals surface area contributed by atoms with E-state index in [2.05, 4.69) is 32.6 Å². The Kier molecular flexibility index (Phi) is 6.67. The monoisotopic (exact) mass is 286 g/mol. The number of nitrogens with zero attached hydrogens (tertiary/aromatic N) is 1. The van der Waals surface area contributed by atoms with Crippen LogP contribution in [0.1, 0.15) is 47.0 Å². The largest absolute Gasteiger partial charge is 0.338 e. The van der Waals surface area contributed by atoms with Crippen LogP contribution in [0.5, 0.6) is 0 Å². The molecular weight excluding hydrogens is 256 g/mol. The summed E-state index contributed by atoms with van der Waals surface area (Å²) in [5.74, 6) is 3.04. The van der Waals surface area contributed by atoms with E-state index in [1.165, 1.54) is 0 Å². The van der Waals surface area contributed by atoms with Crippen molar-refractivity contribution >= 4 is 17.7 Å². The third-order valence-electron chi connectivity index (χ3n) is 4.13. The van der Waals surface area contributed by atoms with E-state index in [1.54, 1.807) is 0 Å². The maximum Gasteiger partial charge on any atom is 0.222 e. The van der Waals surface area contributed by atoms with Crippen LogP contribution in [0.2, 0.25) is 0 Å². The van der Waals surface area contributed by atoms with Crippen molar-refractivity contribution in [3.8, 4) is 0 Å². The molecule has 1 aliphatic heterocycles. The third-order valence-corrected chi connectivity index (χ3v) is 5.32. The van der Waals surface area contributed by atoms with Gasteiger partial charge in [-0.1, -0.05) is 20.8 Å². The van der Waals surface area contributed by atoms with Gasteiger partial charge in [-0.15, -0.1) is 0 Å². The molecule has 19 heavy (non-hydrogen) atoms. The first-order valence-corrected chi connectivity index (χ1v) is 8.59. The minimum atomic E-state index is 0.239. The Morgan fingerprint density at radius 3 is 2.63 bits per heavy atom. The van der Waals surface area contributed by atoms with E-state index in [9.17, 15) is 4.79 Å². The molecule has 0 aromatic heterocycles. The molecular formula is C15H30N2OS. The van der Waals surface area contributed by atoms with Crippen LogP contribution >= 0.6 is 11.8 Å². The average Bonchev–Trinajstić information content (AvgIpc) is 2.33. The lowest BCUT2D eigenvalue weighted by Crippen LogP contribution is -2.44. The van der Waals surface area contributed by atoms with Gasteiger partial charge in [0.15, 0.2) is 0 Å². The van der Waals surface area contributed by atoms with Crippen LogP contribution in [0, 0.1) is 11.3 Å². The summed E-state index contributed by atoms with van der Waals surface area (Å²) in [5.41, 5.74) is 5.94. The summed E-state index contributed by atoms with van der Waals surface area (Å²) in [5, 5.41) is 0. The van der Waals surface area contributed by atoms with Gasteiger partial charge < -0.3 is 10.6 Å². The van der Waals surface area contributed by atoms with Gasteiger partial charge in [0.25, 0.3) is 0 Å². The first-order valence-electron chi connectivity index (χ1n) is 7.43. The van der Waals surface area contributed by atoms with Crippen molar-refractivity contribution in [2.45, 2.75) is 53.0 Å². The van der Waals surface area contributed by atoms with Crippen molar-refractivity contribution in [2.24, 2.45) is 17.1 Å². The number of amides is 1. The number of nitrogens with two attached hydrogens (primary N) is 1. The van der Waals surface area contributed by atoms with Gasteiger partial charge in [0, 0.05) is 30.5 Å². The zero-order chi connectivity index (χ0) is 14.5. The predicted molar refractivity (Wildman–Crippen MR) is 84.4 cm³/mol. The summed E-state index contributed by atoms with van der Waals surface area (Å²) in [4.78, 5) is 14.4. The minimum Gasteiger partial charge on any atom is -0.338 e. The van der Waals surface area contributed by atoms with Gasteiger partial charge in [-0.3, -0.25) is 4.79 Å². The highest BCUT2D eigenvalue weighted by atomic mass is 32.2. The summed E-state index contributed by atoms with van der Waals surface area (Å²) in [6.07, 6.45) is 2.66. The van der Waals surface area contributed by atoms with Crippen molar-refractivity contribution in [2.75, 3.05) is 24.6 Å². The highest BCUT2D eigenvalue weighted by molar-refractivity contribution is 7.99. The molecule has 0 bridgehead atoms. The van der Waals surface area contributed by atoms with Gasteiger partial charge >= 0.3 is 0 Å². The summed E-state index contributed by atoms with van der Waals surface area (Å²) in [6, 6.07) is 0.397. The van der Waals surface area contributed by atoms with Crippen molar-refractivity contribution in [3.63, 3.8) is 0 Å². The fraction of sp³-hybridized carbons (Fsp3) is 0.933. The van der Waals surface area contributed by atoms with Gasteiger partial charge in [0.05, 0.1) is 0 Å².